The molecule has 0 aliphatic heterocycles. The van der Waals surface area contributed by atoms with Crippen LogP contribution in [0.3, 0.4) is 0 Å². The maximum absolute atomic E-state index is 12.0. The van der Waals surface area contributed by atoms with E-state index in [-0.39, 0.29) is 6.03 Å². The number of benzene rings is 2. The molecule has 118 valence electrons. The third-order valence-electron chi connectivity index (χ3n) is 3.59. The van der Waals surface area contributed by atoms with E-state index in [2.05, 4.69) is 27.8 Å². The Bertz CT molecular complexity index is 778. The maximum Gasteiger partial charge on any atom is 0.319 e. The van der Waals surface area contributed by atoms with Gasteiger partial charge in [-0.05, 0) is 18.2 Å². The molecule has 0 bridgehead atoms. The van der Waals surface area contributed by atoms with Crippen LogP contribution >= 0.6 is 0 Å². The highest BCUT2D eigenvalue weighted by Gasteiger charge is 2.10. The molecule has 0 aliphatic carbocycles. The number of H-pyrrole nitrogens is 1. The number of amides is 2. The van der Waals surface area contributed by atoms with Gasteiger partial charge in [0, 0.05) is 35.8 Å². The summed E-state index contributed by atoms with van der Waals surface area (Å²) in [6, 6.07) is 17.7. The Kier molecular flexibility index (Phi) is 4.59. The normalized spacial score (nSPS) is 10.7. The van der Waals surface area contributed by atoms with E-state index < -0.39 is 0 Å². The molecule has 5 nitrogen and oxygen atoms in total. The van der Waals surface area contributed by atoms with Gasteiger partial charge in [-0.15, -0.1) is 0 Å². The topological polar surface area (TPSA) is 66.2 Å². The lowest BCUT2D eigenvalue weighted by Gasteiger charge is -2.11. The summed E-state index contributed by atoms with van der Waals surface area (Å²) in [5, 5.41) is 6.78. The van der Waals surface area contributed by atoms with Gasteiger partial charge >= 0.3 is 6.03 Å². The molecule has 0 fully saturated rings. The Balaban J connectivity index is 1.84. The van der Waals surface area contributed by atoms with Crippen LogP contribution in [0.2, 0.25) is 0 Å². The van der Waals surface area contributed by atoms with Crippen molar-refractivity contribution in [2.45, 2.75) is 0 Å². The first-order chi connectivity index (χ1) is 11.3. The molecule has 1 aromatic heterocycles. The number of aromatic nitrogens is 1. The van der Waals surface area contributed by atoms with Crippen molar-refractivity contribution in [3.63, 3.8) is 0 Å². The van der Waals surface area contributed by atoms with Crippen LogP contribution in [0.15, 0.2) is 54.6 Å². The molecule has 2 amide bonds. The van der Waals surface area contributed by atoms with E-state index in [0.717, 1.165) is 27.8 Å². The fourth-order valence-electron chi connectivity index (χ4n) is 2.48. The lowest BCUT2D eigenvalue weighted by atomic mass is 10.1. The SMILES string of the molecule is COCCNC(=O)Nc1ccccc1-c1cc2ccccc2[nH]1. The molecule has 0 radical (unpaired) electrons. The summed E-state index contributed by atoms with van der Waals surface area (Å²) in [5.74, 6) is 0. The van der Waals surface area contributed by atoms with E-state index in [0.29, 0.717) is 13.2 Å². The first-order valence-corrected chi connectivity index (χ1v) is 7.49. The molecule has 0 aliphatic rings. The Hall–Kier alpha value is -2.79. The first-order valence-electron chi connectivity index (χ1n) is 7.49. The van der Waals surface area contributed by atoms with Gasteiger partial charge in [0.25, 0.3) is 0 Å². The summed E-state index contributed by atoms with van der Waals surface area (Å²) in [7, 11) is 1.60. The number of hydrogen-bond acceptors (Lipinski definition) is 2. The van der Waals surface area contributed by atoms with Gasteiger partial charge in [0.05, 0.1) is 12.3 Å². The van der Waals surface area contributed by atoms with Crippen molar-refractivity contribution in [1.82, 2.24) is 10.3 Å². The van der Waals surface area contributed by atoms with E-state index >= 15 is 0 Å². The Morgan fingerprint density at radius 2 is 1.91 bits per heavy atom. The van der Waals surface area contributed by atoms with Crippen molar-refractivity contribution >= 4 is 22.6 Å². The smallest absolute Gasteiger partial charge is 0.319 e. The van der Waals surface area contributed by atoms with Gasteiger partial charge in [-0.3, -0.25) is 0 Å². The highest BCUT2D eigenvalue weighted by molar-refractivity contribution is 5.96. The number of carbonyl (C=O) groups is 1. The standard InChI is InChI=1S/C18H19N3O2/c1-23-11-10-19-18(22)21-16-9-5-3-7-14(16)17-12-13-6-2-4-8-15(13)20-17/h2-9,12,20H,10-11H2,1H3,(H2,19,21,22). The van der Waals surface area contributed by atoms with Crippen molar-refractivity contribution in [2.75, 3.05) is 25.6 Å². The fourth-order valence-corrected chi connectivity index (χ4v) is 2.48. The summed E-state index contributed by atoms with van der Waals surface area (Å²) < 4.78 is 4.92. The molecular weight excluding hydrogens is 290 g/mol. The minimum atomic E-state index is -0.245. The zero-order valence-corrected chi connectivity index (χ0v) is 12.9. The zero-order chi connectivity index (χ0) is 16.1. The molecule has 0 unspecified atom stereocenters. The van der Waals surface area contributed by atoms with Crippen LogP contribution in [0.5, 0.6) is 0 Å². The van der Waals surface area contributed by atoms with E-state index in [9.17, 15) is 4.79 Å². The van der Waals surface area contributed by atoms with Crippen LogP contribution in [0.4, 0.5) is 10.5 Å². The van der Waals surface area contributed by atoms with Crippen LogP contribution in [0.1, 0.15) is 0 Å². The van der Waals surface area contributed by atoms with Gasteiger partial charge in [-0.1, -0.05) is 36.4 Å². The number of carbonyl (C=O) groups excluding carboxylic acids is 1. The molecule has 0 saturated carbocycles. The van der Waals surface area contributed by atoms with Gasteiger partial charge in [0.2, 0.25) is 0 Å². The number of fused-ring (bicyclic) bond motifs is 1. The van der Waals surface area contributed by atoms with Crippen molar-refractivity contribution in [3.05, 3.63) is 54.6 Å². The van der Waals surface area contributed by atoms with Gasteiger partial charge in [0.15, 0.2) is 0 Å². The Morgan fingerprint density at radius 1 is 1.13 bits per heavy atom. The quantitative estimate of drug-likeness (QED) is 0.630. The van der Waals surface area contributed by atoms with E-state index in [1.165, 1.54) is 0 Å². The van der Waals surface area contributed by atoms with Crippen LogP contribution in [-0.2, 0) is 4.74 Å². The molecule has 2 aromatic carbocycles. The fraction of sp³-hybridized carbons (Fsp3) is 0.167. The third kappa shape index (κ3) is 3.52. The summed E-state index contributed by atoms with van der Waals surface area (Å²) in [4.78, 5) is 15.3. The second kappa shape index (κ2) is 6.98. The van der Waals surface area contributed by atoms with Crippen molar-refractivity contribution in [3.8, 4) is 11.3 Å². The molecule has 0 saturated heterocycles. The van der Waals surface area contributed by atoms with Gasteiger partial charge in [-0.25, -0.2) is 4.79 Å². The zero-order valence-electron chi connectivity index (χ0n) is 12.9. The molecular formula is C18H19N3O2. The number of para-hydroxylation sites is 2. The minimum absolute atomic E-state index is 0.245. The van der Waals surface area contributed by atoms with Crippen LogP contribution in [-0.4, -0.2) is 31.3 Å². The average Bonchev–Trinajstić information content (AvgIpc) is 2.99. The number of aromatic amines is 1. The van der Waals surface area contributed by atoms with Crippen molar-refractivity contribution in [2.24, 2.45) is 0 Å². The number of ether oxygens (including phenoxy) is 1. The van der Waals surface area contributed by atoms with E-state index in [1.807, 2.05) is 42.5 Å². The molecule has 5 heteroatoms. The Morgan fingerprint density at radius 3 is 2.74 bits per heavy atom. The predicted octanol–water partition coefficient (Wildman–Crippen LogP) is 3.60. The molecule has 1 heterocycles. The number of anilines is 1. The second-order valence-corrected chi connectivity index (χ2v) is 5.19. The average molecular weight is 309 g/mol. The van der Waals surface area contributed by atoms with Crippen LogP contribution < -0.4 is 10.6 Å². The largest absolute Gasteiger partial charge is 0.383 e. The number of methoxy groups -OCH3 is 1. The monoisotopic (exact) mass is 309 g/mol. The summed E-state index contributed by atoms with van der Waals surface area (Å²) >= 11 is 0. The minimum Gasteiger partial charge on any atom is -0.383 e. The predicted molar refractivity (Wildman–Crippen MR) is 92.6 cm³/mol. The van der Waals surface area contributed by atoms with Gasteiger partial charge < -0.3 is 20.4 Å². The lowest BCUT2D eigenvalue weighted by molar-refractivity contribution is 0.198. The number of nitrogens with one attached hydrogen (secondary N) is 3. The number of rotatable bonds is 5. The molecule has 3 aromatic rings. The highest BCUT2D eigenvalue weighted by atomic mass is 16.5. The van der Waals surface area contributed by atoms with Gasteiger partial charge in [0.1, 0.15) is 0 Å². The van der Waals surface area contributed by atoms with Crippen LogP contribution in [0, 0.1) is 0 Å². The van der Waals surface area contributed by atoms with E-state index in [1.54, 1.807) is 7.11 Å². The lowest BCUT2D eigenvalue weighted by Crippen LogP contribution is -2.31. The maximum atomic E-state index is 12.0. The van der Waals surface area contributed by atoms with Crippen molar-refractivity contribution < 1.29 is 9.53 Å². The molecule has 0 spiro atoms. The Labute approximate surface area is 134 Å². The summed E-state index contributed by atoms with van der Waals surface area (Å²) in [5.41, 5.74) is 3.75. The molecule has 23 heavy (non-hydrogen) atoms. The second-order valence-electron chi connectivity index (χ2n) is 5.19. The third-order valence-corrected chi connectivity index (χ3v) is 3.59. The molecule has 3 rings (SSSR count). The number of hydrogen-bond donors (Lipinski definition) is 3. The molecule has 3 N–H and O–H groups in total. The summed E-state index contributed by atoms with van der Waals surface area (Å²) in [6.07, 6.45) is 0. The first kappa shape index (κ1) is 15.1. The number of urea groups is 1. The summed E-state index contributed by atoms with van der Waals surface area (Å²) in [6.45, 7) is 0.952. The van der Waals surface area contributed by atoms with Crippen LogP contribution in [0.25, 0.3) is 22.2 Å². The van der Waals surface area contributed by atoms with E-state index in [4.69, 9.17) is 4.74 Å². The van der Waals surface area contributed by atoms with Gasteiger partial charge in [-0.2, -0.15) is 0 Å². The molecule has 0 atom stereocenters. The highest BCUT2D eigenvalue weighted by Crippen LogP contribution is 2.29. The van der Waals surface area contributed by atoms with Crippen molar-refractivity contribution in [1.29, 1.82) is 0 Å².